The van der Waals surface area contributed by atoms with E-state index in [0.717, 1.165) is 50.3 Å². The average molecular weight is 317 g/mol. The molecule has 23 heavy (non-hydrogen) atoms. The van der Waals surface area contributed by atoms with E-state index in [1.807, 2.05) is 27.8 Å². The smallest absolute Gasteiger partial charge is 0.169 e. The Morgan fingerprint density at radius 1 is 1.35 bits per heavy atom. The molecule has 1 aliphatic rings. The van der Waals surface area contributed by atoms with Crippen molar-refractivity contribution in [2.24, 2.45) is 5.92 Å². The highest BCUT2D eigenvalue weighted by Gasteiger charge is 2.23. The number of hydrogen-bond donors (Lipinski definition) is 1. The third kappa shape index (κ3) is 4.40. The maximum absolute atomic E-state index is 9.47. The second-order valence-electron chi connectivity index (χ2n) is 6.69. The second kappa shape index (κ2) is 7.71. The Balaban J connectivity index is 1.97. The number of rotatable bonds is 5. The topological polar surface area (TPSA) is 76.3 Å². The summed E-state index contributed by atoms with van der Waals surface area (Å²) in [5.41, 5.74) is 2.35. The van der Waals surface area contributed by atoms with E-state index in [9.17, 15) is 10.4 Å². The molecule has 1 atom stereocenters. The molecule has 0 radical (unpaired) electrons. The van der Waals surface area contributed by atoms with Crippen molar-refractivity contribution < 1.29 is 5.11 Å². The fourth-order valence-electron chi connectivity index (χ4n) is 3.20. The highest BCUT2D eigenvalue weighted by Crippen LogP contribution is 2.24. The van der Waals surface area contributed by atoms with Crippen LogP contribution in [-0.4, -0.2) is 59.5 Å². The fourth-order valence-corrected chi connectivity index (χ4v) is 3.20. The van der Waals surface area contributed by atoms with Gasteiger partial charge < -0.3 is 14.9 Å². The molecular formula is C17H27N5O. The van der Waals surface area contributed by atoms with Crippen LogP contribution in [0.5, 0.6) is 0 Å². The Kier molecular flexibility index (Phi) is 5.91. The molecule has 0 aliphatic carbocycles. The lowest BCUT2D eigenvalue weighted by Crippen LogP contribution is -2.41. The lowest BCUT2D eigenvalue weighted by Gasteiger charge is -2.34. The number of aromatic nitrogens is 2. The van der Waals surface area contributed by atoms with Crippen molar-refractivity contribution in [3.63, 3.8) is 0 Å². The zero-order valence-corrected chi connectivity index (χ0v) is 14.6. The molecular weight excluding hydrogens is 290 g/mol. The van der Waals surface area contributed by atoms with E-state index in [-0.39, 0.29) is 6.10 Å². The second-order valence-corrected chi connectivity index (χ2v) is 6.69. The molecule has 1 aromatic rings. The third-order valence-corrected chi connectivity index (χ3v) is 4.67. The molecule has 2 rings (SSSR count). The number of aliphatic hydroxyl groups excluding tert-OH is 1. The molecule has 1 saturated heterocycles. The van der Waals surface area contributed by atoms with Crippen LogP contribution in [-0.2, 0) is 0 Å². The average Bonchev–Trinajstić information content (AvgIpc) is 2.51. The molecule has 0 spiro atoms. The van der Waals surface area contributed by atoms with Gasteiger partial charge in [0.2, 0.25) is 0 Å². The van der Waals surface area contributed by atoms with Crippen LogP contribution in [0.15, 0.2) is 0 Å². The maximum atomic E-state index is 9.47. The van der Waals surface area contributed by atoms with Crippen LogP contribution >= 0.6 is 0 Å². The van der Waals surface area contributed by atoms with Crippen molar-refractivity contribution >= 4 is 5.82 Å². The van der Waals surface area contributed by atoms with Crippen LogP contribution in [0.1, 0.15) is 36.6 Å². The van der Waals surface area contributed by atoms with Gasteiger partial charge >= 0.3 is 0 Å². The summed E-state index contributed by atoms with van der Waals surface area (Å²) >= 11 is 0. The summed E-state index contributed by atoms with van der Waals surface area (Å²) in [7, 11) is 1.99. The summed E-state index contributed by atoms with van der Waals surface area (Å²) in [6, 6.07) is 2.27. The first-order valence-corrected chi connectivity index (χ1v) is 8.28. The van der Waals surface area contributed by atoms with Gasteiger partial charge in [-0.05, 0) is 58.2 Å². The van der Waals surface area contributed by atoms with Gasteiger partial charge in [0, 0.05) is 20.1 Å². The molecule has 6 heteroatoms. The van der Waals surface area contributed by atoms with E-state index >= 15 is 0 Å². The quantitative estimate of drug-likeness (QED) is 0.887. The molecule has 1 aliphatic heterocycles. The van der Waals surface area contributed by atoms with Gasteiger partial charge in [-0.15, -0.1) is 5.10 Å². The van der Waals surface area contributed by atoms with Gasteiger partial charge in [-0.3, -0.25) is 0 Å². The molecule has 2 heterocycles. The first-order valence-electron chi connectivity index (χ1n) is 8.28. The van der Waals surface area contributed by atoms with Gasteiger partial charge in [0.25, 0.3) is 0 Å². The van der Waals surface area contributed by atoms with E-state index < -0.39 is 0 Å². The zero-order chi connectivity index (χ0) is 17.0. The van der Waals surface area contributed by atoms with Crippen molar-refractivity contribution in [3.05, 3.63) is 16.8 Å². The number of aliphatic hydroxyl groups is 1. The maximum Gasteiger partial charge on any atom is 0.169 e. The van der Waals surface area contributed by atoms with Crippen LogP contribution in [0, 0.1) is 31.1 Å². The number of nitriles is 1. The summed E-state index contributed by atoms with van der Waals surface area (Å²) in [6.45, 7) is 9.32. The van der Waals surface area contributed by atoms with E-state index in [1.165, 1.54) is 0 Å². The Morgan fingerprint density at radius 3 is 2.57 bits per heavy atom. The molecule has 1 N–H and O–H groups in total. The Labute approximate surface area is 138 Å². The Morgan fingerprint density at radius 2 is 2.00 bits per heavy atom. The number of aryl methyl sites for hydroxylation is 1. The monoisotopic (exact) mass is 317 g/mol. The fraction of sp³-hybridized carbons (Fsp3) is 0.706. The van der Waals surface area contributed by atoms with Crippen molar-refractivity contribution in [2.45, 2.75) is 39.7 Å². The molecule has 6 nitrogen and oxygen atoms in total. The lowest BCUT2D eigenvalue weighted by atomic mass is 9.96. The van der Waals surface area contributed by atoms with E-state index in [4.69, 9.17) is 0 Å². The van der Waals surface area contributed by atoms with Crippen LogP contribution in [0.4, 0.5) is 5.82 Å². The number of likely N-dealkylation sites (tertiary alicyclic amines) is 1. The molecule has 0 saturated carbocycles. The number of hydrogen-bond acceptors (Lipinski definition) is 6. The van der Waals surface area contributed by atoms with Gasteiger partial charge in [0.05, 0.1) is 11.8 Å². The normalized spacial score (nSPS) is 17.7. The summed E-state index contributed by atoms with van der Waals surface area (Å²) in [5, 5.41) is 27.3. The highest BCUT2D eigenvalue weighted by molar-refractivity contribution is 5.57. The molecule has 0 bridgehead atoms. The number of β-amino-alcohol motifs (C(OH)–C–C–N with tert-alkyl or cyclic N) is 1. The molecule has 1 aromatic heterocycles. The third-order valence-electron chi connectivity index (χ3n) is 4.67. The lowest BCUT2D eigenvalue weighted by molar-refractivity contribution is 0.101. The van der Waals surface area contributed by atoms with E-state index in [2.05, 4.69) is 26.1 Å². The van der Waals surface area contributed by atoms with E-state index in [0.29, 0.717) is 17.3 Å². The van der Waals surface area contributed by atoms with Gasteiger partial charge in [0.15, 0.2) is 5.82 Å². The summed E-state index contributed by atoms with van der Waals surface area (Å²) in [5.74, 6) is 1.27. The first kappa shape index (κ1) is 17.6. The first-order chi connectivity index (χ1) is 10.9. The number of anilines is 1. The molecule has 0 aromatic carbocycles. The molecule has 126 valence electrons. The van der Waals surface area contributed by atoms with Crippen LogP contribution < -0.4 is 4.90 Å². The van der Waals surface area contributed by atoms with Gasteiger partial charge in [0.1, 0.15) is 11.6 Å². The van der Waals surface area contributed by atoms with Crippen LogP contribution in [0.25, 0.3) is 0 Å². The predicted octanol–water partition coefficient (Wildman–Crippen LogP) is 1.49. The summed E-state index contributed by atoms with van der Waals surface area (Å²) in [6.07, 6.45) is 1.95. The summed E-state index contributed by atoms with van der Waals surface area (Å²) < 4.78 is 0. The van der Waals surface area contributed by atoms with Crippen molar-refractivity contribution in [2.75, 3.05) is 38.1 Å². The molecule has 0 unspecified atom stereocenters. The van der Waals surface area contributed by atoms with Crippen molar-refractivity contribution in [1.29, 1.82) is 5.26 Å². The molecule has 1 fully saturated rings. The number of nitrogens with zero attached hydrogens (tertiary/aromatic N) is 5. The highest BCUT2D eigenvalue weighted by atomic mass is 16.3. The van der Waals surface area contributed by atoms with Crippen molar-refractivity contribution in [3.8, 4) is 6.07 Å². The zero-order valence-electron chi connectivity index (χ0n) is 14.6. The van der Waals surface area contributed by atoms with Gasteiger partial charge in [-0.25, -0.2) is 0 Å². The minimum atomic E-state index is -0.266. The Bertz CT molecular complexity index is 573. The SMILES string of the molecule is Cc1nnc(N(C)CC2CCN(C[C@H](C)O)CC2)c(C#N)c1C. The number of piperidine rings is 1. The van der Waals surface area contributed by atoms with Gasteiger partial charge in [-0.2, -0.15) is 10.4 Å². The minimum Gasteiger partial charge on any atom is -0.392 e. The van der Waals surface area contributed by atoms with Crippen LogP contribution in [0.3, 0.4) is 0 Å². The minimum absolute atomic E-state index is 0.266. The van der Waals surface area contributed by atoms with E-state index in [1.54, 1.807) is 0 Å². The summed E-state index contributed by atoms with van der Waals surface area (Å²) in [4.78, 5) is 4.38. The van der Waals surface area contributed by atoms with Crippen molar-refractivity contribution in [1.82, 2.24) is 15.1 Å². The van der Waals surface area contributed by atoms with Crippen LogP contribution in [0.2, 0.25) is 0 Å². The largest absolute Gasteiger partial charge is 0.392 e. The van der Waals surface area contributed by atoms with Gasteiger partial charge in [-0.1, -0.05) is 0 Å². The predicted molar refractivity (Wildman–Crippen MR) is 90.3 cm³/mol. The Hall–Kier alpha value is -1.71. The standard InChI is InChI=1S/C17H27N5O/c1-12(23)10-22-7-5-15(6-8-22)11-21(4)17-16(9-18)13(2)14(3)19-20-17/h12,15,23H,5-8,10-11H2,1-4H3/t12-/m0/s1. The molecule has 0 amide bonds.